The number of phenolic OH excluding ortho intramolecular Hbond substituents is 1. The Hall–Kier alpha value is -1.86. The second-order valence-electron chi connectivity index (χ2n) is 5.08. The zero-order valence-corrected chi connectivity index (χ0v) is 13.8. The number of aromatic hydroxyl groups is 1. The summed E-state index contributed by atoms with van der Waals surface area (Å²) >= 11 is 11.0. The van der Waals surface area contributed by atoms with E-state index in [0.29, 0.717) is 22.8 Å². The molecule has 0 saturated carbocycles. The van der Waals surface area contributed by atoms with Crippen LogP contribution < -0.4 is 5.32 Å². The molecule has 1 heterocycles. The van der Waals surface area contributed by atoms with Gasteiger partial charge in [-0.15, -0.1) is 0 Å². The normalized spacial score (nSPS) is 10.9. The van der Waals surface area contributed by atoms with Crippen molar-refractivity contribution in [2.45, 2.75) is 26.3 Å². The number of benzene rings is 1. The molecule has 2 rings (SSSR count). The van der Waals surface area contributed by atoms with Gasteiger partial charge in [0.15, 0.2) is 4.77 Å². The second-order valence-corrected chi connectivity index (χ2v) is 5.90. The Kier molecular flexibility index (Phi) is 5.20. The Morgan fingerprint density at radius 1 is 1.55 bits per heavy atom. The lowest BCUT2D eigenvalue weighted by Gasteiger charge is -2.11. The summed E-state index contributed by atoms with van der Waals surface area (Å²) in [6.07, 6.45) is 0.526. The molecular weight excluding hydrogens is 324 g/mol. The first-order valence-electron chi connectivity index (χ1n) is 6.82. The quantitative estimate of drug-likeness (QED) is 0.731. The molecular formula is C14H17ClN4O2S. The number of rotatable bonds is 5. The average Bonchev–Trinajstić information content (AvgIpc) is 2.82. The van der Waals surface area contributed by atoms with E-state index in [1.54, 1.807) is 0 Å². The fraction of sp³-hybridized carbons (Fsp3) is 0.357. The van der Waals surface area contributed by atoms with Gasteiger partial charge < -0.3 is 15.0 Å². The fourth-order valence-electron chi connectivity index (χ4n) is 2.12. The van der Waals surface area contributed by atoms with Crippen LogP contribution in [-0.4, -0.2) is 32.3 Å². The van der Waals surface area contributed by atoms with Crippen molar-refractivity contribution in [3.63, 3.8) is 0 Å². The summed E-state index contributed by atoms with van der Waals surface area (Å²) in [5, 5.41) is 19.7. The molecule has 1 amide bonds. The van der Waals surface area contributed by atoms with Crippen LogP contribution in [0.15, 0.2) is 18.2 Å². The highest BCUT2D eigenvalue weighted by Crippen LogP contribution is 2.21. The van der Waals surface area contributed by atoms with Gasteiger partial charge >= 0.3 is 0 Å². The van der Waals surface area contributed by atoms with E-state index in [2.05, 4.69) is 15.5 Å². The number of carbonyl (C=O) groups excluding carboxylic acids is 1. The predicted octanol–water partition coefficient (Wildman–Crippen LogP) is 2.85. The highest BCUT2D eigenvalue weighted by atomic mass is 35.5. The zero-order chi connectivity index (χ0) is 16.3. The summed E-state index contributed by atoms with van der Waals surface area (Å²) in [7, 11) is 0. The number of phenols is 1. The maximum Gasteiger partial charge on any atom is 0.255 e. The largest absolute Gasteiger partial charge is 0.507 e. The molecule has 0 saturated heterocycles. The Labute approximate surface area is 138 Å². The van der Waals surface area contributed by atoms with Crippen LogP contribution in [0.4, 0.5) is 0 Å². The van der Waals surface area contributed by atoms with Crippen LogP contribution in [0.1, 0.15) is 36.1 Å². The number of aromatic nitrogens is 3. The lowest BCUT2D eigenvalue weighted by molar-refractivity contribution is 0.0951. The van der Waals surface area contributed by atoms with E-state index in [4.69, 9.17) is 23.8 Å². The van der Waals surface area contributed by atoms with Crippen molar-refractivity contribution >= 4 is 29.7 Å². The predicted molar refractivity (Wildman–Crippen MR) is 87.0 cm³/mol. The van der Waals surface area contributed by atoms with Crippen LogP contribution in [0.25, 0.3) is 0 Å². The first-order chi connectivity index (χ1) is 10.4. The molecule has 1 aromatic carbocycles. The number of carbonyl (C=O) groups is 1. The van der Waals surface area contributed by atoms with E-state index in [0.717, 1.165) is 5.82 Å². The van der Waals surface area contributed by atoms with Crippen LogP contribution >= 0.6 is 23.8 Å². The van der Waals surface area contributed by atoms with Gasteiger partial charge in [0, 0.05) is 24.0 Å². The first kappa shape index (κ1) is 16.5. The number of hydrogen-bond donors (Lipinski definition) is 3. The smallest absolute Gasteiger partial charge is 0.255 e. The summed E-state index contributed by atoms with van der Waals surface area (Å²) in [5.41, 5.74) is 0.148. The van der Waals surface area contributed by atoms with Crippen molar-refractivity contribution in [1.82, 2.24) is 20.1 Å². The van der Waals surface area contributed by atoms with E-state index in [9.17, 15) is 9.90 Å². The van der Waals surface area contributed by atoms with E-state index in [1.807, 2.05) is 18.4 Å². The number of aromatic amines is 1. The van der Waals surface area contributed by atoms with Crippen LogP contribution in [0.2, 0.25) is 5.02 Å². The lowest BCUT2D eigenvalue weighted by Crippen LogP contribution is -2.26. The summed E-state index contributed by atoms with van der Waals surface area (Å²) in [5.74, 6) is 0.285. The standard InChI is InChI=1S/C14H17ClN4O2S/c1-8(2)19-12(17-18-14(19)22)5-6-16-13(21)10-7-9(15)3-4-11(10)20/h3-4,7-8,20H,5-6H2,1-2H3,(H,16,21)(H,18,22). The van der Waals surface area contributed by atoms with Gasteiger partial charge in [0.05, 0.1) is 5.56 Å². The summed E-state index contributed by atoms with van der Waals surface area (Å²) in [4.78, 5) is 12.0. The molecule has 3 N–H and O–H groups in total. The highest BCUT2D eigenvalue weighted by molar-refractivity contribution is 7.71. The van der Waals surface area contributed by atoms with Crippen LogP contribution in [0.3, 0.4) is 0 Å². The molecule has 2 aromatic rings. The van der Waals surface area contributed by atoms with E-state index >= 15 is 0 Å². The van der Waals surface area contributed by atoms with Crippen molar-refractivity contribution in [2.75, 3.05) is 6.54 Å². The highest BCUT2D eigenvalue weighted by Gasteiger charge is 2.13. The van der Waals surface area contributed by atoms with Gasteiger partial charge in [0.1, 0.15) is 11.6 Å². The van der Waals surface area contributed by atoms with Crippen molar-refractivity contribution < 1.29 is 9.90 Å². The fourth-order valence-corrected chi connectivity index (χ4v) is 2.65. The molecule has 0 radical (unpaired) electrons. The summed E-state index contributed by atoms with van der Waals surface area (Å²) in [6, 6.07) is 4.53. The van der Waals surface area contributed by atoms with E-state index in [1.165, 1.54) is 18.2 Å². The average molecular weight is 341 g/mol. The molecule has 0 aliphatic carbocycles. The van der Waals surface area contributed by atoms with Crippen molar-refractivity contribution in [2.24, 2.45) is 0 Å². The van der Waals surface area contributed by atoms with E-state index in [-0.39, 0.29) is 23.3 Å². The van der Waals surface area contributed by atoms with Crippen LogP contribution in [0, 0.1) is 4.77 Å². The molecule has 0 atom stereocenters. The van der Waals surface area contributed by atoms with Gasteiger partial charge in [0.25, 0.3) is 5.91 Å². The lowest BCUT2D eigenvalue weighted by atomic mass is 10.2. The van der Waals surface area contributed by atoms with Crippen molar-refractivity contribution in [1.29, 1.82) is 0 Å². The van der Waals surface area contributed by atoms with Gasteiger partial charge in [-0.05, 0) is 44.3 Å². The van der Waals surface area contributed by atoms with Crippen molar-refractivity contribution in [3.05, 3.63) is 39.4 Å². The monoisotopic (exact) mass is 340 g/mol. The van der Waals surface area contributed by atoms with Gasteiger partial charge in [-0.2, -0.15) is 5.10 Å². The maximum atomic E-state index is 12.0. The third-order valence-electron chi connectivity index (χ3n) is 3.13. The zero-order valence-electron chi connectivity index (χ0n) is 12.3. The first-order valence-corrected chi connectivity index (χ1v) is 7.61. The third-order valence-corrected chi connectivity index (χ3v) is 3.65. The van der Waals surface area contributed by atoms with Gasteiger partial charge in [0.2, 0.25) is 0 Å². The Balaban J connectivity index is 2.01. The number of hydrogen-bond acceptors (Lipinski definition) is 4. The van der Waals surface area contributed by atoms with Gasteiger partial charge in [-0.3, -0.25) is 9.89 Å². The van der Waals surface area contributed by atoms with Gasteiger partial charge in [-0.1, -0.05) is 11.6 Å². The molecule has 1 aromatic heterocycles. The number of halogens is 1. The minimum atomic E-state index is -0.384. The third kappa shape index (κ3) is 3.66. The molecule has 0 spiro atoms. The molecule has 0 aliphatic rings. The SMILES string of the molecule is CC(C)n1c(CCNC(=O)c2cc(Cl)ccc2O)n[nH]c1=S. The van der Waals surface area contributed by atoms with Crippen molar-refractivity contribution in [3.8, 4) is 5.75 Å². The number of amides is 1. The topological polar surface area (TPSA) is 82.9 Å². The summed E-state index contributed by atoms with van der Waals surface area (Å²) in [6.45, 7) is 4.39. The number of nitrogens with one attached hydrogen (secondary N) is 2. The molecule has 0 fully saturated rings. The minimum absolute atomic E-state index is 0.105. The molecule has 0 bridgehead atoms. The van der Waals surface area contributed by atoms with Crippen LogP contribution in [0.5, 0.6) is 5.75 Å². The Morgan fingerprint density at radius 3 is 2.95 bits per heavy atom. The summed E-state index contributed by atoms with van der Waals surface area (Å²) < 4.78 is 2.46. The molecule has 0 unspecified atom stereocenters. The second kappa shape index (κ2) is 6.93. The van der Waals surface area contributed by atoms with Crippen LogP contribution in [-0.2, 0) is 6.42 Å². The Morgan fingerprint density at radius 2 is 2.27 bits per heavy atom. The molecule has 22 heavy (non-hydrogen) atoms. The number of nitrogens with zero attached hydrogens (tertiary/aromatic N) is 2. The molecule has 0 aliphatic heterocycles. The molecule has 118 valence electrons. The molecule has 8 heteroatoms. The number of H-pyrrole nitrogens is 1. The van der Waals surface area contributed by atoms with Gasteiger partial charge in [-0.25, -0.2) is 0 Å². The maximum absolute atomic E-state index is 12.0. The Bertz CT molecular complexity index is 739. The minimum Gasteiger partial charge on any atom is -0.507 e. The van der Waals surface area contributed by atoms with E-state index < -0.39 is 0 Å². The molecule has 6 nitrogen and oxygen atoms in total.